The third-order valence-corrected chi connectivity index (χ3v) is 3.97. The Hall–Kier alpha value is 0.200. The van der Waals surface area contributed by atoms with Crippen LogP contribution in [0.2, 0.25) is 0 Å². The van der Waals surface area contributed by atoms with Gasteiger partial charge in [0.25, 0.3) is 0 Å². The standard InChI is InChI=1S/C7H13INO/c1-2-8-6-9-5-3-4-7(9)10/h2-6H2,1H3/q-1. The van der Waals surface area contributed by atoms with E-state index in [4.69, 9.17) is 0 Å². The van der Waals surface area contributed by atoms with Gasteiger partial charge in [-0.1, -0.05) is 0 Å². The third-order valence-electron chi connectivity index (χ3n) is 1.59. The van der Waals surface area contributed by atoms with Gasteiger partial charge in [-0.05, 0) is 0 Å². The van der Waals surface area contributed by atoms with Crippen LogP contribution in [0.1, 0.15) is 19.8 Å². The van der Waals surface area contributed by atoms with Crippen LogP contribution in [0.25, 0.3) is 0 Å². The van der Waals surface area contributed by atoms with E-state index in [1.165, 1.54) is 4.43 Å². The van der Waals surface area contributed by atoms with Crippen molar-refractivity contribution in [2.45, 2.75) is 19.8 Å². The molecule has 0 saturated carbocycles. The zero-order chi connectivity index (χ0) is 7.40. The van der Waals surface area contributed by atoms with E-state index in [0.717, 1.165) is 23.9 Å². The molecule has 1 aliphatic rings. The number of amides is 1. The molecule has 3 heteroatoms. The quantitative estimate of drug-likeness (QED) is 0.314. The molecule has 1 fully saturated rings. The molecule has 1 aliphatic heterocycles. The zero-order valence-corrected chi connectivity index (χ0v) is 8.43. The minimum atomic E-state index is 0.293. The van der Waals surface area contributed by atoms with Crippen LogP contribution >= 0.6 is 0 Å². The number of carbonyl (C=O) groups excluding carboxylic acids is 1. The van der Waals surface area contributed by atoms with Crippen LogP contribution in [-0.2, 0) is 4.79 Å². The third kappa shape index (κ3) is 2.11. The summed E-state index contributed by atoms with van der Waals surface area (Å²) in [6, 6.07) is 0. The first kappa shape index (κ1) is 8.30. The molecule has 2 nitrogen and oxygen atoms in total. The summed E-state index contributed by atoms with van der Waals surface area (Å²) in [6.07, 6.45) is 1.89. The molecule has 0 aliphatic carbocycles. The van der Waals surface area contributed by atoms with Gasteiger partial charge in [0.1, 0.15) is 0 Å². The normalized spacial score (nSPS) is 18.9. The zero-order valence-electron chi connectivity index (χ0n) is 6.27. The summed E-state index contributed by atoms with van der Waals surface area (Å²) in [4.78, 5) is 13.0. The van der Waals surface area contributed by atoms with Crippen molar-refractivity contribution in [3.63, 3.8) is 0 Å². The summed E-state index contributed by atoms with van der Waals surface area (Å²) < 4.78 is 2.39. The van der Waals surface area contributed by atoms with E-state index in [9.17, 15) is 4.79 Å². The first-order chi connectivity index (χ1) is 4.84. The second kappa shape index (κ2) is 4.16. The van der Waals surface area contributed by atoms with Gasteiger partial charge in [0.2, 0.25) is 0 Å². The van der Waals surface area contributed by atoms with E-state index in [-0.39, 0.29) is 0 Å². The van der Waals surface area contributed by atoms with E-state index in [0.29, 0.717) is 27.1 Å². The summed E-state index contributed by atoms with van der Waals surface area (Å²) in [5, 5.41) is 0. The Bertz CT molecular complexity index is 127. The number of likely N-dealkylation sites (tertiary alicyclic amines) is 1. The molecule has 1 heterocycles. The van der Waals surface area contributed by atoms with E-state index in [1.54, 1.807) is 0 Å². The fourth-order valence-corrected chi connectivity index (χ4v) is 2.80. The van der Waals surface area contributed by atoms with Gasteiger partial charge in [-0.2, -0.15) is 0 Å². The number of nitrogens with zero attached hydrogens (tertiary/aromatic N) is 1. The number of alkyl halides is 2. The summed E-state index contributed by atoms with van der Waals surface area (Å²) >= 11 is 0.293. The first-order valence-corrected chi connectivity index (χ1v) is 6.71. The molecule has 0 aromatic heterocycles. The molecule has 1 rings (SSSR count). The van der Waals surface area contributed by atoms with Gasteiger partial charge < -0.3 is 0 Å². The number of hydrogen-bond donors (Lipinski definition) is 0. The molecule has 0 spiro atoms. The molecule has 0 bridgehead atoms. The summed E-state index contributed by atoms with van der Waals surface area (Å²) in [7, 11) is 0. The maximum atomic E-state index is 11.0. The van der Waals surface area contributed by atoms with Gasteiger partial charge in [0, 0.05) is 0 Å². The Morgan fingerprint density at radius 1 is 1.70 bits per heavy atom. The minimum absolute atomic E-state index is 0.293. The number of rotatable bonds is 3. The number of carbonyl (C=O) groups is 1. The van der Waals surface area contributed by atoms with Gasteiger partial charge in [-0.25, -0.2) is 0 Å². The van der Waals surface area contributed by atoms with Crippen molar-refractivity contribution < 1.29 is 26.0 Å². The Morgan fingerprint density at radius 2 is 2.50 bits per heavy atom. The molecule has 0 N–H and O–H groups in total. The van der Waals surface area contributed by atoms with Gasteiger partial charge >= 0.3 is 72.1 Å². The molecule has 0 aromatic carbocycles. The average Bonchev–Trinajstić information content (AvgIpc) is 2.31. The van der Waals surface area contributed by atoms with Crippen LogP contribution in [0.3, 0.4) is 0 Å². The van der Waals surface area contributed by atoms with Crippen molar-refractivity contribution in [2.24, 2.45) is 0 Å². The van der Waals surface area contributed by atoms with E-state index < -0.39 is 0 Å². The van der Waals surface area contributed by atoms with Crippen molar-refractivity contribution >= 4 is 5.91 Å². The van der Waals surface area contributed by atoms with E-state index >= 15 is 0 Å². The molecular weight excluding hydrogens is 241 g/mol. The Morgan fingerprint density at radius 3 is 3.00 bits per heavy atom. The predicted octanol–water partition coefficient (Wildman–Crippen LogP) is -2.32. The van der Waals surface area contributed by atoms with Crippen LogP contribution in [0.15, 0.2) is 0 Å². The molecule has 0 unspecified atom stereocenters. The van der Waals surface area contributed by atoms with Gasteiger partial charge in [-0.3, -0.25) is 0 Å². The van der Waals surface area contributed by atoms with Gasteiger partial charge in [-0.15, -0.1) is 0 Å². The second-order valence-electron chi connectivity index (χ2n) is 2.34. The molecule has 1 amide bonds. The maximum absolute atomic E-state index is 11.0. The van der Waals surface area contributed by atoms with Crippen molar-refractivity contribution in [3.05, 3.63) is 0 Å². The van der Waals surface area contributed by atoms with Crippen LogP contribution in [0.4, 0.5) is 0 Å². The second-order valence-corrected chi connectivity index (χ2v) is 5.62. The molecule has 10 heavy (non-hydrogen) atoms. The molecule has 0 atom stereocenters. The Kier molecular flexibility index (Phi) is 3.45. The molecule has 60 valence electrons. The van der Waals surface area contributed by atoms with Crippen molar-refractivity contribution in [2.75, 3.05) is 15.5 Å². The summed E-state index contributed by atoms with van der Waals surface area (Å²) in [5.74, 6) is 0.383. The Balaban J connectivity index is 2.20. The monoisotopic (exact) mass is 254 g/mol. The molecular formula is C7H13INO-. The van der Waals surface area contributed by atoms with Crippen molar-refractivity contribution in [1.82, 2.24) is 4.90 Å². The Labute approximate surface area is 72.2 Å². The molecule has 1 saturated heterocycles. The molecule has 0 radical (unpaired) electrons. The number of hydrogen-bond acceptors (Lipinski definition) is 1. The van der Waals surface area contributed by atoms with E-state index in [2.05, 4.69) is 6.92 Å². The van der Waals surface area contributed by atoms with E-state index in [1.807, 2.05) is 4.90 Å². The average molecular weight is 254 g/mol. The summed E-state index contributed by atoms with van der Waals surface area (Å²) in [6.45, 7) is 3.23. The fourth-order valence-electron chi connectivity index (χ4n) is 1.02. The number of halogens is 1. The topological polar surface area (TPSA) is 20.3 Å². The SMILES string of the molecule is CC[I-]CN1CCCC1=O. The van der Waals surface area contributed by atoms with Gasteiger partial charge in [0.05, 0.1) is 0 Å². The fraction of sp³-hybridized carbons (Fsp3) is 0.857. The first-order valence-electron chi connectivity index (χ1n) is 3.66. The van der Waals surface area contributed by atoms with Crippen LogP contribution in [-0.4, -0.2) is 26.3 Å². The van der Waals surface area contributed by atoms with Crippen molar-refractivity contribution in [1.29, 1.82) is 0 Å². The molecule has 0 aromatic rings. The predicted molar refractivity (Wildman–Crippen MR) is 36.4 cm³/mol. The van der Waals surface area contributed by atoms with Crippen molar-refractivity contribution in [3.8, 4) is 0 Å². The van der Waals surface area contributed by atoms with Crippen LogP contribution < -0.4 is 21.2 Å². The summed E-state index contributed by atoms with van der Waals surface area (Å²) in [5.41, 5.74) is 0. The van der Waals surface area contributed by atoms with Crippen LogP contribution in [0, 0.1) is 0 Å². The van der Waals surface area contributed by atoms with Gasteiger partial charge in [0.15, 0.2) is 0 Å². The van der Waals surface area contributed by atoms with Crippen LogP contribution in [0.5, 0.6) is 0 Å².